The molecule has 0 aromatic heterocycles. The standard InChI is InChI=1S/C25H29N3O3/c1-2-18-7-6-10-22(15-18)28-17-20(16-23(28)29)25(31)27-13-11-21(12-14-27)26-24(30)19-8-4-3-5-9-19/h3-10,15,20-21H,2,11-14,16-17H2,1H3,(H,26,30)/t20-/m1/s1. The van der Waals surface area contributed by atoms with Crippen LogP contribution in [-0.2, 0) is 16.0 Å². The lowest BCUT2D eigenvalue weighted by Gasteiger charge is -2.33. The summed E-state index contributed by atoms with van der Waals surface area (Å²) in [5, 5.41) is 3.07. The van der Waals surface area contributed by atoms with Gasteiger partial charge in [0.2, 0.25) is 11.8 Å². The van der Waals surface area contributed by atoms with Crippen molar-refractivity contribution in [3.05, 3.63) is 65.7 Å². The lowest BCUT2D eigenvalue weighted by atomic mass is 10.0. The molecule has 2 saturated heterocycles. The van der Waals surface area contributed by atoms with Crippen LogP contribution in [0.5, 0.6) is 0 Å². The SMILES string of the molecule is CCc1cccc(N2C[C@H](C(=O)N3CCC(NC(=O)c4ccccc4)CC3)CC2=O)c1. The zero-order valence-corrected chi connectivity index (χ0v) is 17.9. The molecule has 31 heavy (non-hydrogen) atoms. The number of carbonyl (C=O) groups is 3. The number of aryl methyl sites for hydroxylation is 1. The molecule has 2 heterocycles. The van der Waals surface area contributed by atoms with Gasteiger partial charge in [-0.05, 0) is 49.1 Å². The Kier molecular flexibility index (Phi) is 6.35. The van der Waals surface area contributed by atoms with Gasteiger partial charge in [-0.25, -0.2) is 0 Å². The molecule has 0 aliphatic carbocycles. The summed E-state index contributed by atoms with van der Waals surface area (Å²) in [6.45, 7) is 3.74. The van der Waals surface area contributed by atoms with Gasteiger partial charge in [0.05, 0.1) is 5.92 Å². The third-order valence-electron chi connectivity index (χ3n) is 6.28. The Labute approximate surface area is 183 Å². The Morgan fingerprint density at radius 1 is 1.03 bits per heavy atom. The largest absolute Gasteiger partial charge is 0.349 e. The molecule has 6 heteroatoms. The highest BCUT2D eigenvalue weighted by Crippen LogP contribution is 2.28. The van der Waals surface area contributed by atoms with E-state index in [-0.39, 0.29) is 36.1 Å². The predicted octanol–water partition coefficient (Wildman–Crippen LogP) is 3.02. The minimum atomic E-state index is -0.298. The molecule has 162 valence electrons. The van der Waals surface area contributed by atoms with Crippen molar-refractivity contribution < 1.29 is 14.4 Å². The first-order valence-corrected chi connectivity index (χ1v) is 11.1. The van der Waals surface area contributed by atoms with Gasteiger partial charge in [0.15, 0.2) is 0 Å². The van der Waals surface area contributed by atoms with Crippen molar-refractivity contribution in [2.75, 3.05) is 24.5 Å². The quantitative estimate of drug-likeness (QED) is 0.810. The van der Waals surface area contributed by atoms with E-state index in [1.807, 2.05) is 47.4 Å². The van der Waals surface area contributed by atoms with Gasteiger partial charge in [0.1, 0.15) is 0 Å². The second-order valence-electron chi connectivity index (χ2n) is 8.37. The fourth-order valence-electron chi connectivity index (χ4n) is 4.43. The van der Waals surface area contributed by atoms with Gasteiger partial charge in [0.25, 0.3) is 5.91 Å². The van der Waals surface area contributed by atoms with Crippen LogP contribution in [0.15, 0.2) is 54.6 Å². The van der Waals surface area contributed by atoms with Gasteiger partial charge in [-0.15, -0.1) is 0 Å². The third kappa shape index (κ3) is 4.79. The van der Waals surface area contributed by atoms with Gasteiger partial charge in [-0.1, -0.05) is 37.3 Å². The predicted molar refractivity (Wildman–Crippen MR) is 120 cm³/mol. The highest BCUT2D eigenvalue weighted by molar-refractivity contribution is 6.00. The zero-order valence-electron chi connectivity index (χ0n) is 17.9. The van der Waals surface area contributed by atoms with E-state index in [9.17, 15) is 14.4 Å². The number of carbonyl (C=O) groups excluding carboxylic acids is 3. The van der Waals surface area contributed by atoms with E-state index in [1.54, 1.807) is 17.0 Å². The first kappa shape index (κ1) is 21.1. The van der Waals surface area contributed by atoms with Crippen molar-refractivity contribution in [3.8, 4) is 0 Å². The molecule has 0 bridgehead atoms. The summed E-state index contributed by atoms with van der Waals surface area (Å²) in [6.07, 6.45) is 2.63. The molecule has 4 rings (SSSR count). The number of hydrogen-bond donors (Lipinski definition) is 1. The number of rotatable bonds is 5. The lowest BCUT2D eigenvalue weighted by molar-refractivity contribution is -0.136. The normalized spacial score (nSPS) is 19.5. The van der Waals surface area contributed by atoms with Crippen LogP contribution in [0.3, 0.4) is 0 Å². The number of nitrogens with zero attached hydrogens (tertiary/aromatic N) is 2. The number of piperidine rings is 1. The maximum absolute atomic E-state index is 13.1. The van der Waals surface area contributed by atoms with Crippen LogP contribution < -0.4 is 10.2 Å². The van der Waals surface area contributed by atoms with Gasteiger partial charge in [-0.3, -0.25) is 14.4 Å². The highest BCUT2D eigenvalue weighted by atomic mass is 16.2. The average molecular weight is 420 g/mol. The second-order valence-corrected chi connectivity index (χ2v) is 8.37. The Bertz CT molecular complexity index is 951. The maximum Gasteiger partial charge on any atom is 0.251 e. The smallest absolute Gasteiger partial charge is 0.251 e. The van der Waals surface area contributed by atoms with E-state index in [0.717, 1.165) is 24.9 Å². The van der Waals surface area contributed by atoms with Gasteiger partial charge >= 0.3 is 0 Å². The van der Waals surface area contributed by atoms with Gasteiger partial charge in [0, 0.05) is 43.3 Å². The summed E-state index contributed by atoms with van der Waals surface area (Å²) >= 11 is 0. The summed E-state index contributed by atoms with van der Waals surface area (Å²) in [5.74, 6) is -0.308. The summed E-state index contributed by atoms with van der Waals surface area (Å²) in [7, 11) is 0. The fraction of sp³-hybridized carbons (Fsp3) is 0.400. The van der Waals surface area contributed by atoms with Crippen molar-refractivity contribution in [2.24, 2.45) is 5.92 Å². The Hall–Kier alpha value is -3.15. The number of anilines is 1. The minimum Gasteiger partial charge on any atom is -0.349 e. The molecule has 6 nitrogen and oxygen atoms in total. The number of benzene rings is 2. The number of amides is 3. The van der Waals surface area contributed by atoms with Crippen molar-refractivity contribution in [1.82, 2.24) is 10.2 Å². The molecule has 2 aromatic rings. The summed E-state index contributed by atoms with van der Waals surface area (Å²) in [6, 6.07) is 17.2. The van der Waals surface area contributed by atoms with Crippen LogP contribution in [-0.4, -0.2) is 48.3 Å². The van der Waals surface area contributed by atoms with Gasteiger partial charge < -0.3 is 15.1 Å². The van der Waals surface area contributed by atoms with Crippen molar-refractivity contribution >= 4 is 23.4 Å². The van der Waals surface area contributed by atoms with Gasteiger partial charge in [-0.2, -0.15) is 0 Å². The Balaban J connectivity index is 1.30. The molecule has 2 aliphatic heterocycles. The van der Waals surface area contributed by atoms with Crippen LogP contribution in [0.1, 0.15) is 42.1 Å². The Morgan fingerprint density at radius 2 is 1.77 bits per heavy atom. The van der Waals surface area contributed by atoms with Crippen molar-refractivity contribution in [2.45, 2.75) is 38.6 Å². The van der Waals surface area contributed by atoms with E-state index >= 15 is 0 Å². The molecule has 0 radical (unpaired) electrons. The summed E-state index contributed by atoms with van der Waals surface area (Å²) in [4.78, 5) is 41.6. The second kappa shape index (κ2) is 9.33. The average Bonchev–Trinajstić information content (AvgIpc) is 3.21. The topological polar surface area (TPSA) is 69.7 Å². The van der Waals surface area contributed by atoms with E-state index in [0.29, 0.717) is 25.2 Å². The number of likely N-dealkylation sites (tertiary alicyclic amines) is 1. The molecule has 2 aromatic carbocycles. The molecule has 1 N–H and O–H groups in total. The molecular formula is C25H29N3O3. The van der Waals surface area contributed by atoms with Crippen LogP contribution in [0.2, 0.25) is 0 Å². The number of hydrogen-bond acceptors (Lipinski definition) is 3. The van der Waals surface area contributed by atoms with Crippen molar-refractivity contribution in [1.29, 1.82) is 0 Å². The maximum atomic E-state index is 13.1. The van der Waals surface area contributed by atoms with Crippen LogP contribution in [0.25, 0.3) is 0 Å². The molecule has 0 spiro atoms. The molecular weight excluding hydrogens is 390 g/mol. The van der Waals surface area contributed by atoms with E-state index in [2.05, 4.69) is 12.2 Å². The van der Waals surface area contributed by atoms with Crippen LogP contribution in [0.4, 0.5) is 5.69 Å². The van der Waals surface area contributed by atoms with E-state index in [4.69, 9.17) is 0 Å². The van der Waals surface area contributed by atoms with E-state index in [1.165, 1.54) is 5.56 Å². The number of nitrogens with one attached hydrogen (secondary N) is 1. The molecule has 2 aliphatic rings. The molecule has 2 fully saturated rings. The highest BCUT2D eigenvalue weighted by Gasteiger charge is 2.38. The van der Waals surface area contributed by atoms with Crippen molar-refractivity contribution in [3.63, 3.8) is 0 Å². The third-order valence-corrected chi connectivity index (χ3v) is 6.28. The molecule has 0 saturated carbocycles. The fourth-order valence-corrected chi connectivity index (χ4v) is 4.43. The lowest BCUT2D eigenvalue weighted by Crippen LogP contribution is -2.48. The monoisotopic (exact) mass is 419 g/mol. The zero-order chi connectivity index (χ0) is 21.8. The minimum absolute atomic E-state index is 0.0108. The Morgan fingerprint density at radius 3 is 2.48 bits per heavy atom. The molecule has 0 unspecified atom stereocenters. The first-order valence-electron chi connectivity index (χ1n) is 11.1. The summed E-state index contributed by atoms with van der Waals surface area (Å²) in [5.41, 5.74) is 2.71. The summed E-state index contributed by atoms with van der Waals surface area (Å²) < 4.78 is 0. The molecule has 1 atom stereocenters. The van der Waals surface area contributed by atoms with Crippen LogP contribution >= 0.6 is 0 Å². The molecule has 3 amide bonds. The van der Waals surface area contributed by atoms with Crippen LogP contribution in [0, 0.1) is 5.92 Å². The van der Waals surface area contributed by atoms with E-state index < -0.39 is 0 Å². The first-order chi connectivity index (χ1) is 15.0.